The molecule has 0 aromatic carbocycles. The van der Waals surface area contributed by atoms with Gasteiger partial charge in [-0.05, 0) is 63.1 Å². The summed E-state index contributed by atoms with van der Waals surface area (Å²) >= 11 is 0. The van der Waals surface area contributed by atoms with E-state index >= 15 is 0 Å². The summed E-state index contributed by atoms with van der Waals surface area (Å²) in [5, 5.41) is 11.9. The molecule has 0 unspecified atom stereocenters. The molecule has 1 amide bonds. The molecule has 0 spiro atoms. The van der Waals surface area contributed by atoms with E-state index in [-0.39, 0.29) is 11.9 Å². The summed E-state index contributed by atoms with van der Waals surface area (Å²) in [5.74, 6) is 0.534. The fourth-order valence-corrected chi connectivity index (χ4v) is 5.44. The van der Waals surface area contributed by atoms with Crippen molar-refractivity contribution in [2.45, 2.75) is 63.6 Å². The predicted octanol–water partition coefficient (Wildman–Crippen LogP) is 3.94. The van der Waals surface area contributed by atoms with Gasteiger partial charge in [0.05, 0.1) is 23.4 Å². The molecule has 0 radical (unpaired) electrons. The first-order chi connectivity index (χ1) is 18.2. The van der Waals surface area contributed by atoms with Crippen molar-refractivity contribution in [1.29, 1.82) is 0 Å². The lowest BCUT2D eigenvalue weighted by atomic mass is 9.93. The third-order valence-corrected chi connectivity index (χ3v) is 7.48. The van der Waals surface area contributed by atoms with Gasteiger partial charge in [-0.15, -0.1) is 0 Å². The number of anilines is 1. The monoisotopic (exact) mass is 503 g/mol. The molecule has 1 saturated heterocycles. The smallest absolute Gasteiger partial charge is 0.255 e. The van der Waals surface area contributed by atoms with Crippen LogP contribution < -0.4 is 10.6 Å². The Morgan fingerprint density at radius 1 is 1.16 bits per heavy atom. The van der Waals surface area contributed by atoms with Crippen LogP contribution in [-0.2, 0) is 9.47 Å². The summed E-state index contributed by atoms with van der Waals surface area (Å²) in [4.78, 5) is 25.6. The van der Waals surface area contributed by atoms with Crippen LogP contribution in [0, 0.1) is 0 Å². The Bertz CT molecular complexity index is 1380. The van der Waals surface area contributed by atoms with Gasteiger partial charge in [-0.2, -0.15) is 10.1 Å². The molecule has 0 atom stereocenters. The van der Waals surface area contributed by atoms with Gasteiger partial charge in [0.2, 0.25) is 5.95 Å². The Balaban J connectivity index is 1.20. The SMILES string of the molecule is CCOC1CCC(Nc2ncc3c(-c4ccn5ncc(C(=O)NC6CCOCC6)c5c4)c[nH]c3n2)CC1. The molecule has 4 aromatic heterocycles. The maximum atomic E-state index is 13.0. The number of carbonyl (C=O) groups excluding carboxylic acids is 1. The van der Waals surface area contributed by atoms with Crippen molar-refractivity contribution in [3.8, 4) is 11.1 Å². The number of nitrogens with zero attached hydrogens (tertiary/aromatic N) is 4. The Labute approximate surface area is 215 Å². The first-order valence-electron chi connectivity index (χ1n) is 13.3. The second kappa shape index (κ2) is 10.5. The van der Waals surface area contributed by atoms with Crippen molar-refractivity contribution in [3.05, 3.63) is 42.5 Å². The zero-order valence-electron chi connectivity index (χ0n) is 21.1. The first kappa shape index (κ1) is 23.9. The van der Waals surface area contributed by atoms with Crippen LogP contribution in [-0.4, -0.2) is 68.5 Å². The lowest BCUT2D eigenvalue weighted by Gasteiger charge is -2.28. The lowest BCUT2D eigenvalue weighted by Crippen LogP contribution is -2.38. The van der Waals surface area contributed by atoms with Gasteiger partial charge in [-0.25, -0.2) is 9.50 Å². The highest BCUT2D eigenvalue weighted by molar-refractivity contribution is 6.02. The summed E-state index contributed by atoms with van der Waals surface area (Å²) in [6.07, 6.45) is 13.6. The van der Waals surface area contributed by atoms with Crippen molar-refractivity contribution >= 4 is 28.4 Å². The van der Waals surface area contributed by atoms with Crippen LogP contribution >= 0.6 is 0 Å². The number of carbonyl (C=O) groups is 1. The molecule has 3 N–H and O–H groups in total. The molecule has 1 aliphatic heterocycles. The minimum absolute atomic E-state index is 0.104. The zero-order chi connectivity index (χ0) is 25.2. The number of aromatic nitrogens is 5. The fraction of sp³-hybridized carbons (Fsp3) is 0.481. The maximum Gasteiger partial charge on any atom is 0.255 e. The molecule has 10 heteroatoms. The van der Waals surface area contributed by atoms with Crippen molar-refractivity contribution in [1.82, 2.24) is 29.9 Å². The summed E-state index contributed by atoms with van der Waals surface area (Å²) in [5.41, 5.74) is 4.06. The number of ether oxygens (including phenoxy) is 2. The average molecular weight is 504 g/mol. The maximum absolute atomic E-state index is 13.0. The van der Waals surface area contributed by atoms with E-state index in [2.05, 4.69) is 32.6 Å². The second-order valence-corrected chi connectivity index (χ2v) is 9.90. The fourth-order valence-electron chi connectivity index (χ4n) is 5.44. The minimum Gasteiger partial charge on any atom is -0.381 e. The average Bonchev–Trinajstić information content (AvgIpc) is 3.54. The molecule has 10 nitrogen and oxygen atoms in total. The molecule has 6 rings (SSSR count). The molecule has 37 heavy (non-hydrogen) atoms. The summed E-state index contributed by atoms with van der Waals surface area (Å²) in [7, 11) is 0. The van der Waals surface area contributed by atoms with Gasteiger partial charge in [-0.1, -0.05) is 0 Å². The van der Waals surface area contributed by atoms with Crippen molar-refractivity contribution in [3.63, 3.8) is 0 Å². The van der Waals surface area contributed by atoms with Crippen LogP contribution in [0.15, 0.2) is 36.9 Å². The van der Waals surface area contributed by atoms with Crippen LogP contribution in [0.3, 0.4) is 0 Å². The Morgan fingerprint density at radius 3 is 2.81 bits per heavy atom. The number of H-pyrrole nitrogens is 1. The Morgan fingerprint density at radius 2 is 2.00 bits per heavy atom. The van der Waals surface area contributed by atoms with Gasteiger partial charge in [0.1, 0.15) is 5.65 Å². The molecule has 5 heterocycles. The van der Waals surface area contributed by atoms with Gasteiger partial charge in [0, 0.05) is 61.4 Å². The zero-order valence-corrected chi connectivity index (χ0v) is 21.1. The largest absolute Gasteiger partial charge is 0.381 e. The van der Waals surface area contributed by atoms with E-state index in [0.717, 1.165) is 72.8 Å². The summed E-state index contributed by atoms with van der Waals surface area (Å²) < 4.78 is 12.9. The standard InChI is InChI=1S/C27H33N7O3/c1-2-37-20-5-3-18(4-6-20)32-27-29-15-22-21(14-28-25(22)33-27)17-7-10-34-24(13-17)23(16-30-34)26(35)31-19-8-11-36-12-9-19/h7,10,13-16,18-20H,2-6,8-9,11-12H2,1H3,(H,31,35)(H2,28,29,32,33). The molecule has 194 valence electrons. The second-order valence-electron chi connectivity index (χ2n) is 9.90. The van der Waals surface area contributed by atoms with E-state index in [9.17, 15) is 4.79 Å². The number of hydrogen-bond acceptors (Lipinski definition) is 7. The molecule has 2 fully saturated rings. The van der Waals surface area contributed by atoms with Crippen LogP contribution in [0.1, 0.15) is 55.8 Å². The molecule has 1 aliphatic carbocycles. The van der Waals surface area contributed by atoms with Gasteiger partial charge in [-0.3, -0.25) is 4.79 Å². The van der Waals surface area contributed by atoms with Crippen molar-refractivity contribution < 1.29 is 14.3 Å². The van der Waals surface area contributed by atoms with E-state index in [4.69, 9.17) is 14.5 Å². The van der Waals surface area contributed by atoms with Gasteiger partial charge in [0.25, 0.3) is 5.91 Å². The van der Waals surface area contributed by atoms with E-state index in [1.165, 1.54) is 0 Å². The topological polar surface area (TPSA) is 118 Å². The Kier molecular flexibility index (Phi) is 6.75. The minimum atomic E-state index is -0.104. The van der Waals surface area contributed by atoms with E-state index < -0.39 is 0 Å². The van der Waals surface area contributed by atoms with Gasteiger partial charge in [0.15, 0.2) is 0 Å². The van der Waals surface area contributed by atoms with Crippen LogP contribution in [0.5, 0.6) is 0 Å². The third kappa shape index (κ3) is 5.03. The lowest BCUT2D eigenvalue weighted by molar-refractivity contribution is 0.0346. The molecule has 0 bridgehead atoms. The quantitative estimate of drug-likeness (QED) is 0.350. The highest BCUT2D eigenvalue weighted by Crippen LogP contribution is 2.30. The van der Waals surface area contributed by atoms with Gasteiger partial charge >= 0.3 is 0 Å². The molecule has 2 aliphatic rings. The number of nitrogens with one attached hydrogen (secondary N) is 3. The number of fused-ring (bicyclic) bond motifs is 2. The van der Waals surface area contributed by atoms with Crippen LogP contribution in [0.25, 0.3) is 27.7 Å². The normalized spacial score (nSPS) is 20.9. The number of rotatable bonds is 7. The molecular weight excluding hydrogens is 470 g/mol. The Hall–Kier alpha value is -3.50. The molecular formula is C27H33N7O3. The van der Waals surface area contributed by atoms with Crippen LogP contribution in [0.4, 0.5) is 5.95 Å². The third-order valence-electron chi connectivity index (χ3n) is 7.48. The highest BCUT2D eigenvalue weighted by atomic mass is 16.5. The van der Waals surface area contributed by atoms with E-state index in [0.29, 0.717) is 36.9 Å². The van der Waals surface area contributed by atoms with Crippen molar-refractivity contribution in [2.75, 3.05) is 25.1 Å². The number of aromatic amines is 1. The first-order valence-corrected chi connectivity index (χ1v) is 13.3. The van der Waals surface area contributed by atoms with E-state index in [1.54, 1.807) is 10.7 Å². The predicted molar refractivity (Wildman–Crippen MR) is 141 cm³/mol. The van der Waals surface area contributed by atoms with E-state index in [1.807, 2.05) is 30.7 Å². The van der Waals surface area contributed by atoms with Crippen molar-refractivity contribution in [2.24, 2.45) is 0 Å². The summed E-state index contributed by atoms with van der Waals surface area (Å²) in [6.45, 7) is 4.18. The number of pyridine rings is 1. The van der Waals surface area contributed by atoms with Gasteiger partial charge < -0.3 is 25.1 Å². The summed E-state index contributed by atoms with van der Waals surface area (Å²) in [6, 6.07) is 4.48. The molecule has 4 aromatic rings. The highest BCUT2D eigenvalue weighted by Gasteiger charge is 2.23. The number of amides is 1. The number of hydrogen-bond donors (Lipinski definition) is 3. The van der Waals surface area contributed by atoms with Crippen LogP contribution in [0.2, 0.25) is 0 Å². The molecule has 1 saturated carbocycles.